The summed E-state index contributed by atoms with van der Waals surface area (Å²) in [6.45, 7) is 7.09. The van der Waals surface area contributed by atoms with Crippen LogP contribution in [-0.2, 0) is 4.74 Å². The number of nitrogens with zero attached hydrogens (tertiary/aromatic N) is 4. The number of rotatable bonds is 1. The first-order chi connectivity index (χ1) is 8.39. The predicted molar refractivity (Wildman–Crippen MR) is 67.0 cm³/mol. The normalized spacial score (nSPS) is 30.8. The van der Waals surface area contributed by atoms with Gasteiger partial charge in [0, 0.05) is 24.0 Å². The van der Waals surface area contributed by atoms with Crippen LogP contribution in [-0.4, -0.2) is 35.7 Å². The Kier molecular flexibility index (Phi) is 3.39. The molecule has 0 aromatic heterocycles. The van der Waals surface area contributed by atoms with E-state index in [1.165, 1.54) is 0 Å². The van der Waals surface area contributed by atoms with Gasteiger partial charge >= 0.3 is 6.09 Å². The molecule has 1 saturated heterocycles. The van der Waals surface area contributed by atoms with Crippen LogP contribution >= 0.6 is 0 Å². The first-order valence-corrected chi connectivity index (χ1v) is 6.41. The molecule has 6 nitrogen and oxygen atoms in total. The molecule has 2 aliphatic rings. The van der Waals surface area contributed by atoms with Crippen molar-refractivity contribution in [3.63, 3.8) is 0 Å². The highest BCUT2D eigenvalue weighted by Crippen LogP contribution is 2.39. The lowest BCUT2D eigenvalue weighted by Crippen LogP contribution is -2.36. The lowest BCUT2D eigenvalue weighted by molar-refractivity contribution is 0.0279. The van der Waals surface area contributed by atoms with E-state index in [1.54, 1.807) is 4.90 Å². The summed E-state index contributed by atoms with van der Waals surface area (Å²) in [6.07, 6.45) is 1.57. The molecular weight excluding hydrogens is 232 g/mol. The number of likely N-dealkylation sites (tertiary alicyclic amines) is 1. The van der Waals surface area contributed by atoms with Crippen molar-refractivity contribution in [2.24, 2.45) is 17.0 Å². The average molecular weight is 252 g/mol. The Morgan fingerprint density at radius 3 is 2.33 bits per heavy atom. The van der Waals surface area contributed by atoms with Crippen LogP contribution in [0.3, 0.4) is 0 Å². The summed E-state index contributed by atoms with van der Waals surface area (Å²) in [5.74, 6) is 0.932. The maximum atomic E-state index is 11.9. The third kappa shape index (κ3) is 2.88. The molecular formula is C12H20N4O2. The van der Waals surface area contributed by atoms with E-state index >= 15 is 0 Å². The van der Waals surface area contributed by atoms with Crippen LogP contribution in [0.4, 0.5) is 4.79 Å². The fraction of sp³-hybridized carbons (Fsp3) is 0.917. The molecule has 100 valence electrons. The fourth-order valence-corrected chi connectivity index (χ4v) is 2.91. The van der Waals surface area contributed by atoms with Crippen LogP contribution in [0.1, 0.15) is 33.6 Å². The van der Waals surface area contributed by atoms with Gasteiger partial charge in [-0.3, -0.25) is 0 Å². The van der Waals surface area contributed by atoms with Gasteiger partial charge in [-0.25, -0.2) is 4.79 Å². The largest absolute Gasteiger partial charge is 0.444 e. The maximum absolute atomic E-state index is 11.9. The van der Waals surface area contributed by atoms with Crippen LogP contribution in [0.15, 0.2) is 5.11 Å². The van der Waals surface area contributed by atoms with Gasteiger partial charge in [0.2, 0.25) is 0 Å². The summed E-state index contributed by atoms with van der Waals surface area (Å²) in [4.78, 5) is 16.6. The molecule has 1 unspecified atom stereocenters. The molecule has 2 rings (SSSR count). The van der Waals surface area contributed by atoms with E-state index in [0.717, 1.165) is 25.9 Å². The minimum Gasteiger partial charge on any atom is -0.444 e. The van der Waals surface area contributed by atoms with Crippen molar-refractivity contribution in [2.75, 3.05) is 13.1 Å². The summed E-state index contributed by atoms with van der Waals surface area (Å²) in [6, 6.07) is 0.116. The molecule has 0 spiro atoms. The molecule has 18 heavy (non-hydrogen) atoms. The Balaban J connectivity index is 1.88. The van der Waals surface area contributed by atoms with E-state index in [9.17, 15) is 4.79 Å². The molecule has 0 bridgehead atoms. The highest BCUT2D eigenvalue weighted by Gasteiger charge is 2.42. The van der Waals surface area contributed by atoms with Crippen molar-refractivity contribution >= 4 is 6.09 Å². The van der Waals surface area contributed by atoms with Crippen molar-refractivity contribution in [1.29, 1.82) is 0 Å². The minimum atomic E-state index is -0.442. The second-order valence-electron chi connectivity index (χ2n) is 6.24. The van der Waals surface area contributed by atoms with Gasteiger partial charge in [-0.1, -0.05) is 5.11 Å². The van der Waals surface area contributed by atoms with Crippen LogP contribution in [0.25, 0.3) is 10.4 Å². The van der Waals surface area contributed by atoms with Gasteiger partial charge in [0.25, 0.3) is 0 Å². The highest BCUT2D eigenvalue weighted by atomic mass is 16.6. The van der Waals surface area contributed by atoms with Crippen LogP contribution < -0.4 is 0 Å². The first kappa shape index (κ1) is 13.0. The first-order valence-electron chi connectivity index (χ1n) is 6.41. The molecule has 1 aliphatic carbocycles. The Bertz CT molecular complexity index is 370. The summed E-state index contributed by atoms with van der Waals surface area (Å²) in [5.41, 5.74) is 7.99. The molecule has 0 aromatic rings. The standard InChI is InChI=1S/C12H20N4O2/c1-12(2,3)18-11(17)16-6-8-4-10(14-15-13)5-9(8)7-16/h8-10H,4-7H2,1-3H3/t8-,9+,10?. The number of azide groups is 1. The summed E-state index contributed by atoms with van der Waals surface area (Å²) in [5, 5.41) is 3.78. The molecule has 3 atom stereocenters. The second-order valence-corrected chi connectivity index (χ2v) is 6.24. The van der Waals surface area contributed by atoms with Crippen LogP contribution in [0.2, 0.25) is 0 Å². The number of amides is 1. The number of fused-ring (bicyclic) bond motifs is 1. The zero-order valence-corrected chi connectivity index (χ0v) is 11.2. The Morgan fingerprint density at radius 2 is 1.89 bits per heavy atom. The lowest BCUT2D eigenvalue weighted by atomic mass is 10.0. The number of hydrogen-bond donors (Lipinski definition) is 0. The van der Waals surface area contributed by atoms with Crippen molar-refractivity contribution in [2.45, 2.75) is 45.3 Å². The fourth-order valence-electron chi connectivity index (χ4n) is 2.91. The zero-order valence-electron chi connectivity index (χ0n) is 11.2. The predicted octanol–water partition coefficient (Wildman–Crippen LogP) is 2.94. The Labute approximate surface area is 107 Å². The van der Waals surface area contributed by atoms with E-state index in [2.05, 4.69) is 10.0 Å². The van der Waals surface area contributed by atoms with E-state index in [-0.39, 0.29) is 12.1 Å². The highest BCUT2D eigenvalue weighted by molar-refractivity contribution is 5.68. The van der Waals surface area contributed by atoms with Gasteiger partial charge in [0.1, 0.15) is 5.60 Å². The third-order valence-electron chi connectivity index (χ3n) is 3.59. The van der Waals surface area contributed by atoms with E-state index in [4.69, 9.17) is 10.3 Å². The van der Waals surface area contributed by atoms with Gasteiger partial charge in [-0.05, 0) is 51.0 Å². The van der Waals surface area contributed by atoms with Crippen LogP contribution in [0, 0.1) is 11.8 Å². The van der Waals surface area contributed by atoms with E-state index < -0.39 is 5.60 Å². The monoisotopic (exact) mass is 252 g/mol. The average Bonchev–Trinajstić information content (AvgIpc) is 2.72. The molecule has 1 saturated carbocycles. The smallest absolute Gasteiger partial charge is 0.410 e. The van der Waals surface area contributed by atoms with Crippen molar-refractivity contribution in [1.82, 2.24) is 4.90 Å². The Morgan fingerprint density at radius 1 is 1.33 bits per heavy atom. The molecule has 1 heterocycles. The van der Waals surface area contributed by atoms with Gasteiger partial charge in [0.05, 0.1) is 0 Å². The summed E-state index contributed by atoms with van der Waals surface area (Å²) < 4.78 is 5.37. The summed E-state index contributed by atoms with van der Waals surface area (Å²) >= 11 is 0. The molecule has 2 fully saturated rings. The summed E-state index contributed by atoms with van der Waals surface area (Å²) in [7, 11) is 0. The third-order valence-corrected chi connectivity index (χ3v) is 3.59. The topological polar surface area (TPSA) is 78.3 Å². The molecule has 1 aliphatic heterocycles. The van der Waals surface area contributed by atoms with E-state index in [1.807, 2.05) is 20.8 Å². The zero-order chi connectivity index (χ0) is 13.3. The van der Waals surface area contributed by atoms with Gasteiger partial charge < -0.3 is 9.64 Å². The van der Waals surface area contributed by atoms with Crippen molar-refractivity contribution in [3.05, 3.63) is 10.4 Å². The van der Waals surface area contributed by atoms with E-state index in [0.29, 0.717) is 11.8 Å². The molecule has 1 amide bonds. The SMILES string of the molecule is CC(C)(C)OC(=O)N1C[C@H]2CC(N=[N+]=[N-])C[C@H]2C1. The van der Waals surface area contributed by atoms with Crippen molar-refractivity contribution < 1.29 is 9.53 Å². The van der Waals surface area contributed by atoms with Gasteiger partial charge in [-0.15, -0.1) is 0 Å². The number of carbonyl (C=O) groups excluding carboxylic acids is 1. The second kappa shape index (κ2) is 4.69. The number of carbonyl (C=O) groups is 1. The number of hydrogen-bond acceptors (Lipinski definition) is 3. The lowest BCUT2D eigenvalue weighted by Gasteiger charge is -2.25. The van der Waals surface area contributed by atoms with Crippen molar-refractivity contribution in [3.8, 4) is 0 Å². The molecule has 0 N–H and O–H groups in total. The van der Waals surface area contributed by atoms with Gasteiger partial charge in [-0.2, -0.15) is 0 Å². The van der Waals surface area contributed by atoms with Crippen LogP contribution in [0.5, 0.6) is 0 Å². The molecule has 0 aromatic carbocycles. The minimum absolute atomic E-state index is 0.116. The maximum Gasteiger partial charge on any atom is 0.410 e. The Hall–Kier alpha value is -1.42. The molecule has 0 radical (unpaired) electrons. The number of ether oxygens (including phenoxy) is 1. The molecule has 6 heteroatoms. The quantitative estimate of drug-likeness (QED) is 0.408. The van der Waals surface area contributed by atoms with Gasteiger partial charge in [0.15, 0.2) is 0 Å².